The number of hydrogen-bond donors (Lipinski definition) is 2. The van der Waals surface area contributed by atoms with Crippen molar-refractivity contribution in [1.82, 2.24) is 4.72 Å². The number of unbranched alkanes of at least 4 members (excludes halogenated alkanes) is 1. The Kier molecular flexibility index (Phi) is 6.89. The van der Waals surface area contributed by atoms with Gasteiger partial charge in [0.05, 0.1) is 5.75 Å². The van der Waals surface area contributed by atoms with Gasteiger partial charge in [0.25, 0.3) is 6.43 Å². The largest absolute Gasteiger partial charge is 0.480 e. The fourth-order valence-corrected chi connectivity index (χ4v) is 3.25. The molecule has 2 N–H and O–H groups in total. The quantitative estimate of drug-likeness (QED) is 0.727. The van der Waals surface area contributed by atoms with Crippen LogP contribution in [0.5, 0.6) is 0 Å². The minimum absolute atomic E-state index is 0.194. The van der Waals surface area contributed by atoms with Crippen molar-refractivity contribution >= 4 is 16.0 Å². The summed E-state index contributed by atoms with van der Waals surface area (Å²) >= 11 is 0. The Balaban J connectivity index is 2.75. The lowest BCUT2D eigenvalue weighted by atomic mass is 10.1. The van der Waals surface area contributed by atoms with Crippen LogP contribution in [-0.4, -0.2) is 25.5 Å². The van der Waals surface area contributed by atoms with Crippen LogP contribution in [0.3, 0.4) is 0 Å². The van der Waals surface area contributed by atoms with E-state index in [-0.39, 0.29) is 12.0 Å². The molecule has 1 aromatic carbocycles. The number of sulfonamides is 1. The SMILES string of the molecule is CCCCC(NS(=O)(=O)Cc1ccc(C(F)F)cc1)C(=O)O. The molecule has 8 heteroatoms. The Hall–Kier alpha value is -1.54. The van der Waals surface area contributed by atoms with Crippen LogP contribution in [-0.2, 0) is 20.6 Å². The van der Waals surface area contributed by atoms with Gasteiger partial charge in [-0.3, -0.25) is 4.79 Å². The summed E-state index contributed by atoms with van der Waals surface area (Å²) in [6, 6.07) is 3.72. The van der Waals surface area contributed by atoms with Crippen molar-refractivity contribution in [3.8, 4) is 0 Å². The third-order valence-corrected chi connectivity index (χ3v) is 4.41. The fraction of sp³-hybridized carbons (Fsp3) is 0.500. The van der Waals surface area contributed by atoms with Gasteiger partial charge in [0.15, 0.2) is 0 Å². The molecule has 0 aromatic heterocycles. The Morgan fingerprint density at radius 2 is 1.86 bits per heavy atom. The van der Waals surface area contributed by atoms with Crippen molar-refractivity contribution < 1.29 is 27.1 Å². The van der Waals surface area contributed by atoms with Crippen LogP contribution in [0.15, 0.2) is 24.3 Å². The van der Waals surface area contributed by atoms with Crippen molar-refractivity contribution in [2.24, 2.45) is 0 Å². The molecule has 5 nitrogen and oxygen atoms in total. The highest BCUT2D eigenvalue weighted by molar-refractivity contribution is 7.88. The third kappa shape index (κ3) is 6.07. The summed E-state index contributed by atoms with van der Waals surface area (Å²) in [7, 11) is -3.86. The van der Waals surface area contributed by atoms with Crippen molar-refractivity contribution in [3.63, 3.8) is 0 Å². The number of alkyl halides is 2. The second-order valence-electron chi connectivity index (χ2n) is 4.95. The number of benzene rings is 1. The molecule has 0 heterocycles. The molecule has 0 fully saturated rings. The molecule has 1 atom stereocenters. The van der Waals surface area contributed by atoms with Crippen LogP contribution in [0.4, 0.5) is 8.78 Å². The molecule has 1 aromatic rings. The van der Waals surface area contributed by atoms with E-state index >= 15 is 0 Å². The van der Waals surface area contributed by atoms with Gasteiger partial charge in [0.2, 0.25) is 10.0 Å². The van der Waals surface area contributed by atoms with Crippen LogP contribution >= 0.6 is 0 Å². The van der Waals surface area contributed by atoms with Gasteiger partial charge in [-0.15, -0.1) is 0 Å². The first-order valence-corrected chi connectivity index (χ1v) is 8.50. The summed E-state index contributed by atoms with van der Waals surface area (Å²) < 4.78 is 50.9. The van der Waals surface area contributed by atoms with E-state index in [1.54, 1.807) is 0 Å². The maximum atomic E-state index is 12.4. The number of carboxylic acids is 1. The maximum Gasteiger partial charge on any atom is 0.321 e. The van der Waals surface area contributed by atoms with E-state index < -0.39 is 34.2 Å². The third-order valence-electron chi connectivity index (χ3n) is 3.05. The molecule has 0 aliphatic carbocycles. The highest BCUT2D eigenvalue weighted by Crippen LogP contribution is 2.19. The van der Waals surface area contributed by atoms with Crippen molar-refractivity contribution in [2.45, 2.75) is 44.4 Å². The van der Waals surface area contributed by atoms with E-state index in [2.05, 4.69) is 4.72 Å². The molecule has 0 aliphatic heterocycles. The van der Waals surface area contributed by atoms with Crippen LogP contribution in [0, 0.1) is 0 Å². The lowest BCUT2D eigenvalue weighted by Crippen LogP contribution is -2.41. The molecule has 0 amide bonds. The summed E-state index contributed by atoms with van der Waals surface area (Å²) in [5.74, 6) is -1.68. The van der Waals surface area contributed by atoms with Crippen molar-refractivity contribution in [3.05, 3.63) is 35.4 Å². The number of carboxylic acid groups (broad SMARTS) is 1. The predicted octanol–water partition coefficient (Wildman–Crippen LogP) is 2.69. The van der Waals surface area contributed by atoms with Gasteiger partial charge in [-0.1, -0.05) is 44.0 Å². The summed E-state index contributed by atoms with van der Waals surface area (Å²) in [5, 5.41) is 9.02. The smallest absolute Gasteiger partial charge is 0.321 e. The van der Waals surface area contributed by atoms with E-state index in [9.17, 15) is 22.0 Å². The molecular weight excluding hydrogens is 316 g/mol. The van der Waals surface area contributed by atoms with Crippen LogP contribution in [0.1, 0.15) is 43.7 Å². The molecule has 0 spiro atoms. The minimum Gasteiger partial charge on any atom is -0.480 e. The second kappa shape index (κ2) is 8.19. The zero-order chi connectivity index (χ0) is 16.8. The fourth-order valence-electron chi connectivity index (χ4n) is 1.88. The van der Waals surface area contributed by atoms with Crippen LogP contribution < -0.4 is 4.72 Å². The highest BCUT2D eigenvalue weighted by atomic mass is 32.2. The second-order valence-corrected chi connectivity index (χ2v) is 6.71. The molecule has 0 radical (unpaired) electrons. The molecular formula is C14H19F2NO4S. The Bertz CT molecular complexity index is 587. The number of nitrogens with one attached hydrogen (secondary N) is 1. The molecule has 22 heavy (non-hydrogen) atoms. The first kappa shape index (κ1) is 18.5. The van der Waals surface area contributed by atoms with Gasteiger partial charge in [0, 0.05) is 5.56 Å². The summed E-state index contributed by atoms with van der Waals surface area (Å²) in [6.07, 6.45) is -1.08. The Morgan fingerprint density at radius 1 is 1.27 bits per heavy atom. The average Bonchev–Trinajstić information content (AvgIpc) is 2.43. The van der Waals surface area contributed by atoms with E-state index in [1.807, 2.05) is 6.92 Å². The van der Waals surface area contributed by atoms with Gasteiger partial charge in [0.1, 0.15) is 6.04 Å². The average molecular weight is 335 g/mol. The number of hydrogen-bond acceptors (Lipinski definition) is 3. The highest BCUT2D eigenvalue weighted by Gasteiger charge is 2.23. The zero-order valence-electron chi connectivity index (χ0n) is 12.1. The maximum absolute atomic E-state index is 12.4. The summed E-state index contributed by atoms with van der Waals surface area (Å²) in [6.45, 7) is 1.87. The van der Waals surface area contributed by atoms with Crippen LogP contribution in [0.2, 0.25) is 0 Å². The minimum atomic E-state index is -3.86. The van der Waals surface area contributed by atoms with Gasteiger partial charge < -0.3 is 5.11 Å². The van der Waals surface area contributed by atoms with Crippen molar-refractivity contribution in [1.29, 1.82) is 0 Å². The number of aliphatic carboxylic acids is 1. The predicted molar refractivity (Wildman–Crippen MR) is 78.1 cm³/mol. The van der Waals surface area contributed by atoms with Gasteiger partial charge in [-0.25, -0.2) is 21.9 Å². The lowest BCUT2D eigenvalue weighted by molar-refractivity contribution is -0.139. The van der Waals surface area contributed by atoms with Crippen molar-refractivity contribution in [2.75, 3.05) is 0 Å². The molecule has 124 valence electrons. The molecule has 0 saturated heterocycles. The zero-order valence-corrected chi connectivity index (χ0v) is 12.9. The number of halogens is 2. The van der Waals surface area contributed by atoms with E-state index in [1.165, 1.54) is 12.1 Å². The Morgan fingerprint density at radius 3 is 2.32 bits per heavy atom. The Labute approximate surface area is 128 Å². The lowest BCUT2D eigenvalue weighted by Gasteiger charge is -2.14. The topological polar surface area (TPSA) is 83.5 Å². The normalized spacial score (nSPS) is 13.3. The summed E-state index contributed by atoms with van der Waals surface area (Å²) in [4.78, 5) is 11.0. The van der Waals surface area contributed by atoms with E-state index in [0.29, 0.717) is 12.0 Å². The number of carbonyl (C=O) groups is 1. The standard InChI is InChI=1S/C14H19F2NO4S/c1-2-3-4-12(14(18)19)17-22(20,21)9-10-5-7-11(8-6-10)13(15)16/h5-8,12-13,17H,2-4,9H2,1H3,(H,18,19). The molecule has 1 rings (SSSR count). The molecule has 1 unspecified atom stereocenters. The van der Waals surface area contributed by atoms with Gasteiger partial charge >= 0.3 is 5.97 Å². The first-order chi connectivity index (χ1) is 10.2. The van der Waals surface area contributed by atoms with E-state index in [0.717, 1.165) is 18.6 Å². The number of rotatable bonds is 9. The van der Waals surface area contributed by atoms with E-state index in [4.69, 9.17) is 5.11 Å². The first-order valence-electron chi connectivity index (χ1n) is 6.85. The van der Waals surface area contributed by atoms with Gasteiger partial charge in [-0.2, -0.15) is 0 Å². The molecule has 0 aliphatic rings. The molecule has 0 bridgehead atoms. The monoisotopic (exact) mass is 335 g/mol. The molecule has 0 saturated carbocycles. The van der Waals surface area contributed by atoms with Gasteiger partial charge in [-0.05, 0) is 12.0 Å². The van der Waals surface area contributed by atoms with Crippen LogP contribution in [0.25, 0.3) is 0 Å². The summed E-state index contributed by atoms with van der Waals surface area (Å²) in [5.41, 5.74) is 0.122.